The fourth-order valence-electron chi connectivity index (χ4n) is 1.06. The van der Waals surface area contributed by atoms with Gasteiger partial charge in [-0.2, -0.15) is 0 Å². The van der Waals surface area contributed by atoms with Crippen LogP contribution in [0.1, 0.15) is 6.92 Å². The summed E-state index contributed by atoms with van der Waals surface area (Å²) in [6, 6.07) is 3.90. The molecule has 0 bridgehead atoms. The monoisotopic (exact) mass is 282 g/mol. The summed E-state index contributed by atoms with van der Waals surface area (Å²) in [5.41, 5.74) is 5.34. The Morgan fingerprint density at radius 1 is 1.44 bits per heavy atom. The van der Waals surface area contributed by atoms with Crippen molar-refractivity contribution >= 4 is 33.2 Å². The predicted molar refractivity (Wildman–Crippen MR) is 65.3 cm³/mol. The van der Waals surface area contributed by atoms with E-state index in [0.29, 0.717) is 5.02 Å². The molecule has 0 aliphatic rings. The van der Waals surface area contributed by atoms with Crippen LogP contribution >= 0.6 is 23.2 Å². The van der Waals surface area contributed by atoms with Crippen molar-refractivity contribution in [2.45, 2.75) is 17.9 Å². The first-order chi connectivity index (χ1) is 7.36. The van der Waals surface area contributed by atoms with Crippen LogP contribution in [0.15, 0.2) is 23.1 Å². The maximum atomic E-state index is 11.9. The topological polar surface area (TPSA) is 72.2 Å². The largest absolute Gasteiger partial charge is 0.329 e. The highest BCUT2D eigenvalue weighted by Crippen LogP contribution is 2.24. The summed E-state index contributed by atoms with van der Waals surface area (Å²) < 4.78 is 26.1. The smallest absolute Gasteiger partial charge is 0.242 e. The Kier molecular flexibility index (Phi) is 4.58. The molecule has 1 aromatic rings. The zero-order valence-corrected chi connectivity index (χ0v) is 10.9. The number of rotatable bonds is 4. The lowest BCUT2D eigenvalue weighted by molar-refractivity contribution is 0.563. The molecule has 0 heterocycles. The second-order valence-corrected chi connectivity index (χ2v) is 5.86. The van der Waals surface area contributed by atoms with Crippen molar-refractivity contribution < 1.29 is 8.42 Å². The average Bonchev–Trinajstić information content (AvgIpc) is 2.20. The van der Waals surface area contributed by atoms with Gasteiger partial charge in [0.1, 0.15) is 4.90 Å². The van der Waals surface area contributed by atoms with Gasteiger partial charge in [-0.15, -0.1) is 0 Å². The molecule has 1 aromatic carbocycles. The van der Waals surface area contributed by atoms with E-state index in [0.717, 1.165) is 0 Å². The van der Waals surface area contributed by atoms with Gasteiger partial charge in [0, 0.05) is 17.6 Å². The molecule has 0 unspecified atom stereocenters. The number of nitrogens with two attached hydrogens (primary N) is 1. The van der Waals surface area contributed by atoms with Gasteiger partial charge in [0.05, 0.1) is 5.02 Å². The van der Waals surface area contributed by atoms with Gasteiger partial charge in [0.25, 0.3) is 0 Å². The van der Waals surface area contributed by atoms with Crippen LogP contribution < -0.4 is 10.5 Å². The van der Waals surface area contributed by atoms with Crippen LogP contribution in [0.5, 0.6) is 0 Å². The molecule has 0 saturated carbocycles. The van der Waals surface area contributed by atoms with Crippen LogP contribution in [0.3, 0.4) is 0 Å². The molecule has 0 aliphatic carbocycles. The van der Waals surface area contributed by atoms with Crippen LogP contribution in [-0.2, 0) is 10.0 Å². The molecule has 16 heavy (non-hydrogen) atoms. The van der Waals surface area contributed by atoms with Gasteiger partial charge in [-0.3, -0.25) is 0 Å². The lowest BCUT2D eigenvalue weighted by Crippen LogP contribution is -2.37. The molecule has 7 heteroatoms. The summed E-state index contributed by atoms with van der Waals surface area (Å²) in [5, 5.41) is 0.436. The summed E-state index contributed by atoms with van der Waals surface area (Å²) in [7, 11) is -3.67. The van der Waals surface area contributed by atoms with Crippen molar-refractivity contribution in [2.75, 3.05) is 6.54 Å². The highest BCUT2D eigenvalue weighted by atomic mass is 35.5. The Morgan fingerprint density at radius 3 is 2.62 bits per heavy atom. The van der Waals surface area contributed by atoms with E-state index in [-0.39, 0.29) is 22.5 Å². The van der Waals surface area contributed by atoms with Crippen LogP contribution in [0.4, 0.5) is 0 Å². The third kappa shape index (κ3) is 3.33. The molecule has 1 rings (SSSR count). The summed E-state index contributed by atoms with van der Waals surface area (Å²) in [6.07, 6.45) is 0. The van der Waals surface area contributed by atoms with Crippen molar-refractivity contribution in [1.82, 2.24) is 4.72 Å². The number of halogens is 2. The van der Waals surface area contributed by atoms with Crippen molar-refractivity contribution in [3.8, 4) is 0 Å². The van der Waals surface area contributed by atoms with Gasteiger partial charge in [-0.25, -0.2) is 13.1 Å². The van der Waals surface area contributed by atoms with Crippen molar-refractivity contribution in [2.24, 2.45) is 5.73 Å². The summed E-state index contributed by atoms with van der Waals surface area (Å²) >= 11 is 11.5. The fourth-order valence-corrected chi connectivity index (χ4v) is 3.08. The Morgan fingerprint density at radius 2 is 2.06 bits per heavy atom. The molecular weight excluding hydrogens is 271 g/mol. The van der Waals surface area contributed by atoms with Gasteiger partial charge >= 0.3 is 0 Å². The summed E-state index contributed by atoms with van der Waals surface area (Å²) in [6.45, 7) is 1.87. The summed E-state index contributed by atoms with van der Waals surface area (Å²) in [4.78, 5) is -0.0398. The molecule has 0 radical (unpaired) electrons. The molecule has 4 nitrogen and oxygen atoms in total. The van der Waals surface area contributed by atoms with E-state index < -0.39 is 10.0 Å². The molecule has 0 saturated heterocycles. The highest BCUT2D eigenvalue weighted by molar-refractivity contribution is 7.89. The van der Waals surface area contributed by atoms with E-state index in [1.807, 2.05) is 0 Å². The van der Waals surface area contributed by atoms with E-state index in [4.69, 9.17) is 28.9 Å². The van der Waals surface area contributed by atoms with E-state index in [1.165, 1.54) is 18.2 Å². The van der Waals surface area contributed by atoms with Gasteiger partial charge in [0.15, 0.2) is 0 Å². The van der Waals surface area contributed by atoms with Gasteiger partial charge < -0.3 is 5.73 Å². The van der Waals surface area contributed by atoms with Crippen LogP contribution in [0, 0.1) is 0 Å². The third-order valence-electron chi connectivity index (χ3n) is 1.89. The predicted octanol–water partition coefficient (Wildman–Crippen LogP) is 1.62. The van der Waals surface area contributed by atoms with Crippen molar-refractivity contribution in [3.05, 3.63) is 28.2 Å². The van der Waals surface area contributed by atoms with E-state index in [2.05, 4.69) is 4.72 Å². The van der Waals surface area contributed by atoms with Crippen LogP contribution in [0.25, 0.3) is 0 Å². The van der Waals surface area contributed by atoms with Gasteiger partial charge in [-0.1, -0.05) is 23.2 Å². The molecule has 0 aliphatic heterocycles. The zero-order chi connectivity index (χ0) is 12.3. The third-order valence-corrected chi connectivity index (χ3v) is 4.20. The maximum absolute atomic E-state index is 11.9. The van der Waals surface area contributed by atoms with Crippen molar-refractivity contribution in [3.63, 3.8) is 0 Å². The van der Waals surface area contributed by atoms with E-state index in [9.17, 15) is 8.42 Å². The Bertz CT molecular complexity index is 476. The normalized spacial score (nSPS) is 13.8. The van der Waals surface area contributed by atoms with E-state index in [1.54, 1.807) is 6.92 Å². The minimum atomic E-state index is -3.67. The molecule has 0 spiro atoms. The van der Waals surface area contributed by atoms with Crippen LogP contribution in [0.2, 0.25) is 10.0 Å². The number of hydrogen-bond acceptors (Lipinski definition) is 3. The average molecular weight is 283 g/mol. The minimum absolute atomic E-state index is 0.0398. The van der Waals surface area contributed by atoms with Crippen LogP contribution in [-0.4, -0.2) is 21.0 Å². The first-order valence-electron chi connectivity index (χ1n) is 4.54. The first-order valence-corrected chi connectivity index (χ1v) is 6.78. The summed E-state index contributed by atoms with van der Waals surface area (Å²) in [5.74, 6) is 0. The number of benzene rings is 1. The van der Waals surface area contributed by atoms with Gasteiger partial charge in [0.2, 0.25) is 10.0 Å². The molecule has 3 N–H and O–H groups in total. The lowest BCUT2D eigenvalue weighted by atomic mass is 10.4. The lowest BCUT2D eigenvalue weighted by Gasteiger charge is -2.13. The van der Waals surface area contributed by atoms with Gasteiger partial charge in [-0.05, 0) is 25.1 Å². The quantitative estimate of drug-likeness (QED) is 0.882. The maximum Gasteiger partial charge on any atom is 0.242 e. The Balaban J connectivity index is 3.12. The second-order valence-electron chi connectivity index (χ2n) is 3.33. The second kappa shape index (κ2) is 5.33. The molecule has 0 aromatic heterocycles. The molecule has 0 fully saturated rings. The molecule has 1 atom stereocenters. The highest BCUT2D eigenvalue weighted by Gasteiger charge is 2.20. The number of hydrogen-bond donors (Lipinski definition) is 2. The SMILES string of the molecule is C[C@@H](CN)NS(=O)(=O)c1cc(Cl)ccc1Cl. The standard InChI is InChI=1S/C9H12Cl2N2O2S/c1-6(5-12)13-16(14,15)9-4-7(10)2-3-8(9)11/h2-4,6,13H,5,12H2,1H3/t6-/m0/s1. The fraction of sp³-hybridized carbons (Fsp3) is 0.333. The number of sulfonamides is 1. The molecule has 90 valence electrons. The first kappa shape index (κ1) is 13.7. The number of nitrogens with one attached hydrogen (secondary N) is 1. The zero-order valence-electron chi connectivity index (χ0n) is 8.57. The molecule has 0 amide bonds. The Labute approximate surface area is 105 Å². The minimum Gasteiger partial charge on any atom is -0.329 e. The van der Waals surface area contributed by atoms with E-state index >= 15 is 0 Å². The molecular formula is C9H12Cl2N2O2S. The van der Waals surface area contributed by atoms with Crippen molar-refractivity contribution in [1.29, 1.82) is 0 Å². The Hall–Kier alpha value is -0.330.